The predicted molar refractivity (Wildman–Crippen MR) is 97.5 cm³/mol. The van der Waals surface area contributed by atoms with Gasteiger partial charge in [-0.15, -0.1) is 24.8 Å². The largest absolute Gasteiger partial charge is 0.353 e. The molecule has 1 saturated carbocycles. The third kappa shape index (κ3) is 4.96. The van der Waals surface area contributed by atoms with E-state index in [0.717, 1.165) is 57.7 Å². The molecule has 130 valence electrons. The standard InChI is InChI=1S/C16H24N4O.2ClH/c17-14-5-3-4-13(12-14)16(21)20-10-8-19(9-11-20)15-6-1-2-7-18-15;;/h1-2,6-7,13-14H,3-5,8-12,17H2;2*1H. The summed E-state index contributed by atoms with van der Waals surface area (Å²) in [6, 6.07) is 6.17. The molecule has 2 aliphatic rings. The summed E-state index contributed by atoms with van der Waals surface area (Å²) >= 11 is 0. The summed E-state index contributed by atoms with van der Waals surface area (Å²) < 4.78 is 0. The van der Waals surface area contributed by atoms with Crippen LogP contribution in [0, 0.1) is 5.92 Å². The van der Waals surface area contributed by atoms with E-state index in [1.54, 1.807) is 0 Å². The number of amides is 1. The molecular weight excluding hydrogens is 335 g/mol. The fourth-order valence-corrected chi connectivity index (χ4v) is 3.41. The van der Waals surface area contributed by atoms with Crippen LogP contribution < -0.4 is 10.6 Å². The topological polar surface area (TPSA) is 62.5 Å². The predicted octanol–water partition coefficient (Wildman–Crippen LogP) is 2.09. The maximum absolute atomic E-state index is 12.6. The van der Waals surface area contributed by atoms with Crippen molar-refractivity contribution < 1.29 is 4.79 Å². The summed E-state index contributed by atoms with van der Waals surface area (Å²) in [6.07, 6.45) is 5.84. The minimum Gasteiger partial charge on any atom is -0.353 e. The smallest absolute Gasteiger partial charge is 0.225 e. The SMILES string of the molecule is Cl.Cl.NC1CCCC(C(=O)N2CCN(c3ccccn3)CC2)C1. The fraction of sp³-hybridized carbons (Fsp3) is 0.625. The van der Waals surface area contributed by atoms with Crippen molar-refractivity contribution in [2.24, 2.45) is 11.7 Å². The molecule has 1 aliphatic carbocycles. The minimum absolute atomic E-state index is 0. The number of hydrogen-bond acceptors (Lipinski definition) is 4. The monoisotopic (exact) mass is 360 g/mol. The fourth-order valence-electron chi connectivity index (χ4n) is 3.41. The zero-order valence-electron chi connectivity index (χ0n) is 13.3. The number of carbonyl (C=O) groups is 1. The van der Waals surface area contributed by atoms with Crippen LogP contribution in [-0.4, -0.2) is 48.0 Å². The van der Waals surface area contributed by atoms with E-state index in [1.165, 1.54) is 0 Å². The van der Waals surface area contributed by atoms with Gasteiger partial charge in [0.2, 0.25) is 5.91 Å². The average molecular weight is 361 g/mol. The highest BCUT2D eigenvalue weighted by molar-refractivity contribution is 5.85. The molecule has 23 heavy (non-hydrogen) atoms. The molecule has 1 amide bonds. The molecule has 5 nitrogen and oxygen atoms in total. The van der Waals surface area contributed by atoms with Gasteiger partial charge >= 0.3 is 0 Å². The molecule has 2 fully saturated rings. The van der Waals surface area contributed by atoms with Crippen molar-refractivity contribution in [2.45, 2.75) is 31.7 Å². The molecule has 1 aromatic rings. The lowest BCUT2D eigenvalue weighted by atomic mass is 9.85. The van der Waals surface area contributed by atoms with E-state index < -0.39 is 0 Å². The van der Waals surface area contributed by atoms with Crippen molar-refractivity contribution in [2.75, 3.05) is 31.1 Å². The molecule has 3 rings (SSSR count). The maximum Gasteiger partial charge on any atom is 0.225 e. The van der Waals surface area contributed by atoms with Crippen molar-refractivity contribution in [3.8, 4) is 0 Å². The third-order valence-electron chi connectivity index (χ3n) is 4.63. The van der Waals surface area contributed by atoms with Crippen LogP contribution in [0.5, 0.6) is 0 Å². The number of carbonyl (C=O) groups excluding carboxylic acids is 1. The minimum atomic E-state index is 0. The Morgan fingerprint density at radius 1 is 1.13 bits per heavy atom. The Balaban J connectivity index is 0.00000132. The molecule has 0 radical (unpaired) electrons. The molecule has 0 spiro atoms. The van der Waals surface area contributed by atoms with Gasteiger partial charge in [-0.25, -0.2) is 4.98 Å². The Morgan fingerprint density at radius 3 is 2.48 bits per heavy atom. The number of aromatic nitrogens is 1. The van der Waals surface area contributed by atoms with Crippen LogP contribution in [0.4, 0.5) is 5.82 Å². The molecule has 0 aromatic carbocycles. The second-order valence-electron chi connectivity index (χ2n) is 6.12. The highest BCUT2D eigenvalue weighted by atomic mass is 35.5. The van der Waals surface area contributed by atoms with Crippen LogP contribution in [-0.2, 0) is 4.79 Å². The number of rotatable bonds is 2. The van der Waals surface area contributed by atoms with Gasteiger partial charge in [-0.2, -0.15) is 0 Å². The quantitative estimate of drug-likeness (QED) is 0.876. The zero-order chi connectivity index (χ0) is 14.7. The number of nitrogens with zero attached hydrogens (tertiary/aromatic N) is 3. The summed E-state index contributed by atoms with van der Waals surface area (Å²) in [4.78, 5) is 21.2. The van der Waals surface area contributed by atoms with Crippen LogP contribution in [0.15, 0.2) is 24.4 Å². The number of hydrogen-bond donors (Lipinski definition) is 1. The lowest BCUT2D eigenvalue weighted by Crippen LogP contribution is -2.51. The highest BCUT2D eigenvalue weighted by Crippen LogP contribution is 2.25. The van der Waals surface area contributed by atoms with Crippen LogP contribution in [0.1, 0.15) is 25.7 Å². The van der Waals surface area contributed by atoms with Gasteiger partial charge < -0.3 is 15.5 Å². The van der Waals surface area contributed by atoms with Crippen molar-refractivity contribution in [3.05, 3.63) is 24.4 Å². The highest BCUT2D eigenvalue weighted by Gasteiger charge is 2.30. The molecule has 2 heterocycles. The first-order chi connectivity index (χ1) is 10.2. The summed E-state index contributed by atoms with van der Waals surface area (Å²) in [6.45, 7) is 3.31. The van der Waals surface area contributed by atoms with Gasteiger partial charge in [0.25, 0.3) is 0 Å². The van der Waals surface area contributed by atoms with Crippen molar-refractivity contribution >= 4 is 36.5 Å². The van der Waals surface area contributed by atoms with Gasteiger partial charge in [0, 0.05) is 44.3 Å². The lowest BCUT2D eigenvalue weighted by molar-refractivity contribution is -0.137. The van der Waals surface area contributed by atoms with Crippen LogP contribution in [0.25, 0.3) is 0 Å². The summed E-state index contributed by atoms with van der Waals surface area (Å²) in [7, 11) is 0. The Morgan fingerprint density at radius 2 is 1.87 bits per heavy atom. The average Bonchev–Trinajstić information content (AvgIpc) is 2.55. The number of halogens is 2. The molecule has 7 heteroatoms. The van der Waals surface area contributed by atoms with E-state index in [0.29, 0.717) is 5.91 Å². The van der Waals surface area contributed by atoms with Crippen LogP contribution in [0.3, 0.4) is 0 Å². The van der Waals surface area contributed by atoms with Gasteiger partial charge in [-0.1, -0.05) is 12.5 Å². The molecule has 1 aliphatic heterocycles. The summed E-state index contributed by atoms with van der Waals surface area (Å²) in [5.74, 6) is 1.46. The first-order valence-electron chi connectivity index (χ1n) is 7.94. The third-order valence-corrected chi connectivity index (χ3v) is 4.63. The van der Waals surface area contributed by atoms with Gasteiger partial charge in [-0.05, 0) is 31.4 Å². The second kappa shape index (κ2) is 9.30. The number of nitrogens with two attached hydrogens (primary N) is 1. The number of pyridine rings is 1. The first-order valence-corrected chi connectivity index (χ1v) is 7.94. The maximum atomic E-state index is 12.6. The molecule has 1 saturated heterocycles. The molecular formula is C16H26Cl2N4O. The molecule has 0 bridgehead atoms. The second-order valence-corrected chi connectivity index (χ2v) is 6.12. The van der Waals surface area contributed by atoms with Gasteiger partial charge in [0.05, 0.1) is 0 Å². The van der Waals surface area contributed by atoms with E-state index >= 15 is 0 Å². The molecule has 2 atom stereocenters. The van der Waals surface area contributed by atoms with Gasteiger partial charge in [0.15, 0.2) is 0 Å². The van der Waals surface area contributed by atoms with Crippen LogP contribution in [0.2, 0.25) is 0 Å². The van der Waals surface area contributed by atoms with Crippen LogP contribution >= 0.6 is 24.8 Å². The Bertz CT molecular complexity index is 480. The summed E-state index contributed by atoms with van der Waals surface area (Å²) in [5.41, 5.74) is 6.00. The van der Waals surface area contributed by atoms with E-state index in [1.807, 2.05) is 29.3 Å². The van der Waals surface area contributed by atoms with Gasteiger partial charge in [-0.3, -0.25) is 4.79 Å². The lowest BCUT2D eigenvalue weighted by Gasteiger charge is -2.38. The zero-order valence-corrected chi connectivity index (χ0v) is 14.9. The van der Waals surface area contributed by atoms with E-state index in [9.17, 15) is 4.79 Å². The number of piperazine rings is 1. The first kappa shape index (κ1) is 20.0. The van der Waals surface area contributed by atoms with Crippen molar-refractivity contribution in [3.63, 3.8) is 0 Å². The Hall–Kier alpha value is -1.04. The Kier molecular flexibility index (Phi) is 8.09. The van der Waals surface area contributed by atoms with E-state index in [4.69, 9.17) is 5.73 Å². The summed E-state index contributed by atoms with van der Waals surface area (Å²) in [5, 5.41) is 0. The van der Waals surface area contributed by atoms with Gasteiger partial charge in [0.1, 0.15) is 5.82 Å². The normalized spacial score (nSPS) is 24.4. The molecule has 2 unspecified atom stereocenters. The van der Waals surface area contributed by atoms with Crippen molar-refractivity contribution in [1.29, 1.82) is 0 Å². The molecule has 1 aromatic heterocycles. The number of anilines is 1. The van der Waals surface area contributed by atoms with Crippen molar-refractivity contribution in [1.82, 2.24) is 9.88 Å². The van der Waals surface area contributed by atoms with E-state index in [-0.39, 0.29) is 36.8 Å². The van der Waals surface area contributed by atoms with E-state index in [2.05, 4.69) is 9.88 Å². The molecule has 2 N–H and O–H groups in total. The Labute approximate surface area is 150 Å².